The molecule has 0 spiro atoms. The van der Waals surface area contributed by atoms with Gasteiger partial charge < -0.3 is 10.1 Å². The first-order valence-corrected chi connectivity index (χ1v) is 9.04. The van der Waals surface area contributed by atoms with Gasteiger partial charge in [-0.25, -0.2) is 4.39 Å². The minimum Gasteiger partial charge on any atom is -0.485 e. The van der Waals surface area contributed by atoms with Crippen LogP contribution in [0.2, 0.25) is 5.02 Å². The molecule has 1 atom stereocenters. The maximum Gasteiger partial charge on any atom is 0.131 e. The number of para-hydroxylation sites is 1. The van der Waals surface area contributed by atoms with Gasteiger partial charge in [0.2, 0.25) is 0 Å². The number of fused-ring (bicyclic) bond motifs is 1. The second-order valence-electron chi connectivity index (χ2n) is 6.67. The summed E-state index contributed by atoms with van der Waals surface area (Å²) >= 11 is 5.88. The Balaban J connectivity index is 1.66. The maximum absolute atomic E-state index is 14.3. The molecule has 0 amide bonds. The van der Waals surface area contributed by atoms with Crippen molar-refractivity contribution < 1.29 is 9.13 Å². The number of aryl methyl sites for hydroxylation is 1. The normalized spacial score (nSPS) is 21.2. The lowest BCUT2D eigenvalue weighted by Gasteiger charge is -2.32. The van der Waals surface area contributed by atoms with E-state index in [9.17, 15) is 4.39 Å². The van der Waals surface area contributed by atoms with E-state index in [1.54, 1.807) is 12.1 Å². The molecule has 2 heterocycles. The number of benzene rings is 2. The molecular weight excluding hydrogens is 325 g/mol. The van der Waals surface area contributed by atoms with Crippen LogP contribution >= 0.6 is 11.6 Å². The third kappa shape index (κ3) is 3.03. The molecule has 4 heteroatoms. The highest BCUT2D eigenvalue weighted by Gasteiger charge is 2.28. The minimum atomic E-state index is -0.282. The SMILES string of the molecule is Fc1cc(Cl)ccc1[C@@H]1CCc2cccc(C3CCNCC3)c2O1. The van der Waals surface area contributed by atoms with E-state index in [1.165, 1.54) is 17.2 Å². The standard InChI is InChI=1S/C20H21ClFNO/c21-15-5-6-17(18(22)12-15)19-7-4-14-2-1-3-16(20(14)24-19)13-8-10-23-11-9-13/h1-3,5-6,12-13,19,23H,4,7-11H2/t19-/m0/s1. The summed E-state index contributed by atoms with van der Waals surface area (Å²) in [7, 11) is 0. The highest BCUT2D eigenvalue weighted by atomic mass is 35.5. The molecule has 4 rings (SSSR count). The molecule has 1 fully saturated rings. The van der Waals surface area contributed by atoms with E-state index >= 15 is 0 Å². The number of halogens is 2. The topological polar surface area (TPSA) is 21.3 Å². The average molecular weight is 346 g/mol. The van der Waals surface area contributed by atoms with Gasteiger partial charge in [0.25, 0.3) is 0 Å². The predicted octanol–water partition coefficient (Wildman–Crippen LogP) is 5.01. The van der Waals surface area contributed by atoms with Gasteiger partial charge in [0.05, 0.1) is 0 Å². The minimum absolute atomic E-state index is 0.238. The summed E-state index contributed by atoms with van der Waals surface area (Å²) in [5.41, 5.74) is 3.13. The van der Waals surface area contributed by atoms with Crippen molar-refractivity contribution in [1.29, 1.82) is 0 Å². The third-order valence-corrected chi connectivity index (χ3v) is 5.39. The zero-order valence-corrected chi connectivity index (χ0v) is 14.3. The quantitative estimate of drug-likeness (QED) is 0.825. The molecule has 0 saturated carbocycles. The second-order valence-corrected chi connectivity index (χ2v) is 7.11. The Morgan fingerprint density at radius 1 is 1.04 bits per heavy atom. The largest absolute Gasteiger partial charge is 0.485 e. The van der Waals surface area contributed by atoms with E-state index in [-0.39, 0.29) is 11.9 Å². The van der Waals surface area contributed by atoms with Gasteiger partial charge >= 0.3 is 0 Å². The van der Waals surface area contributed by atoms with Crippen molar-refractivity contribution in [2.75, 3.05) is 13.1 Å². The molecule has 24 heavy (non-hydrogen) atoms. The van der Waals surface area contributed by atoms with Crippen LogP contribution < -0.4 is 10.1 Å². The Morgan fingerprint density at radius 3 is 2.67 bits per heavy atom. The Morgan fingerprint density at radius 2 is 1.88 bits per heavy atom. The molecule has 2 aliphatic heterocycles. The van der Waals surface area contributed by atoms with Crippen LogP contribution in [-0.4, -0.2) is 13.1 Å². The molecule has 0 radical (unpaired) electrons. The first kappa shape index (κ1) is 15.9. The highest BCUT2D eigenvalue weighted by Crippen LogP contribution is 2.42. The van der Waals surface area contributed by atoms with Crippen LogP contribution in [-0.2, 0) is 6.42 Å². The summed E-state index contributed by atoms with van der Waals surface area (Å²) in [6.07, 6.45) is 3.72. The summed E-state index contributed by atoms with van der Waals surface area (Å²) in [5.74, 6) is 1.22. The zero-order chi connectivity index (χ0) is 16.5. The van der Waals surface area contributed by atoms with Crippen molar-refractivity contribution in [3.8, 4) is 5.75 Å². The van der Waals surface area contributed by atoms with Gasteiger partial charge in [-0.3, -0.25) is 0 Å². The Bertz CT molecular complexity index is 742. The molecule has 2 nitrogen and oxygen atoms in total. The van der Waals surface area contributed by atoms with Crippen molar-refractivity contribution >= 4 is 11.6 Å². The summed E-state index contributed by atoms with van der Waals surface area (Å²) in [6.45, 7) is 2.09. The summed E-state index contributed by atoms with van der Waals surface area (Å²) < 4.78 is 20.6. The van der Waals surface area contributed by atoms with Crippen molar-refractivity contribution in [1.82, 2.24) is 5.32 Å². The first-order chi connectivity index (χ1) is 11.7. The van der Waals surface area contributed by atoms with Crippen LogP contribution in [0.3, 0.4) is 0 Å². The van der Waals surface area contributed by atoms with Gasteiger partial charge in [0, 0.05) is 10.6 Å². The number of ether oxygens (including phenoxy) is 1. The second kappa shape index (κ2) is 6.73. The van der Waals surface area contributed by atoms with Crippen molar-refractivity contribution in [3.05, 3.63) is 63.9 Å². The lowest BCUT2D eigenvalue weighted by molar-refractivity contribution is 0.168. The lowest BCUT2D eigenvalue weighted by atomic mass is 9.86. The summed E-state index contributed by atoms with van der Waals surface area (Å²) in [4.78, 5) is 0. The molecular formula is C20H21ClFNO. The Kier molecular flexibility index (Phi) is 4.47. The summed E-state index contributed by atoms with van der Waals surface area (Å²) in [6, 6.07) is 11.3. The Hall–Kier alpha value is -1.58. The Labute approximate surface area is 147 Å². The van der Waals surface area contributed by atoms with Crippen LogP contribution in [0.1, 0.15) is 48.0 Å². The van der Waals surface area contributed by atoms with Gasteiger partial charge in [-0.15, -0.1) is 0 Å². The molecule has 1 saturated heterocycles. The van der Waals surface area contributed by atoms with Crippen molar-refractivity contribution in [2.24, 2.45) is 0 Å². The average Bonchev–Trinajstić information content (AvgIpc) is 2.61. The molecule has 2 aromatic rings. The van der Waals surface area contributed by atoms with E-state index in [0.717, 1.165) is 44.5 Å². The summed E-state index contributed by atoms with van der Waals surface area (Å²) in [5, 5.41) is 3.83. The van der Waals surface area contributed by atoms with Crippen molar-refractivity contribution in [3.63, 3.8) is 0 Å². The first-order valence-electron chi connectivity index (χ1n) is 8.66. The number of piperidine rings is 1. The highest BCUT2D eigenvalue weighted by molar-refractivity contribution is 6.30. The van der Waals surface area contributed by atoms with Crippen molar-refractivity contribution in [2.45, 2.75) is 37.7 Å². The number of nitrogens with one attached hydrogen (secondary N) is 1. The fourth-order valence-corrected chi connectivity index (χ4v) is 4.03. The smallest absolute Gasteiger partial charge is 0.131 e. The molecule has 0 unspecified atom stereocenters. The van der Waals surface area contributed by atoms with Crippen LogP contribution in [0.4, 0.5) is 4.39 Å². The molecule has 126 valence electrons. The molecule has 0 bridgehead atoms. The van der Waals surface area contributed by atoms with Crippen LogP contribution in [0.15, 0.2) is 36.4 Å². The van der Waals surface area contributed by atoms with Gasteiger partial charge in [0.1, 0.15) is 17.7 Å². The van der Waals surface area contributed by atoms with Crippen LogP contribution in [0, 0.1) is 5.82 Å². The fourth-order valence-electron chi connectivity index (χ4n) is 3.87. The number of rotatable bonds is 2. The zero-order valence-electron chi connectivity index (χ0n) is 13.5. The van der Waals surface area contributed by atoms with Gasteiger partial charge in [-0.2, -0.15) is 0 Å². The fraction of sp³-hybridized carbons (Fsp3) is 0.400. The van der Waals surface area contributed by atoms with Gasteiger partial charge in [-0.05, 0) is 68.0 Å². The van der Waals surface area contributed by atoms with Gasteiger partial charge in [0.15, 0.2) is 0 Å². The number of hydrogen-bond donors (Lipinski definition) is 1. The van der Waals surface area contributed by atoms with E-state index in [1.807, 2.05) is 0 Å². The molecule has 2 aliphatic rings. The molecule has 0 aliphatic carbocycles. The maximum atomic E-state index is 14.3. The van der Waals surface area contributed by atoms with Gasteiger partial charge in [-0.1, -0.05) is 35.9 Å². The van der Waals surface area contributed by atoms with E-state index in [4.69, 9.17) is 16.3 Å². The van der Waals surface area contributed by atoms with E-state index in [0.29, 0.717) is 16.5 Å². The molecule has 1 N–H and O–H groups in total. The predicted molar refractivity (Wildman–Crippen MR) is 94.4 cm³/mol. The van der Waals surface area contributed by atoms with E-state index < -0.39 is 0 Å². The van der Waals surface area contributed by atoms with Crippen LogP contribution in [0.25, 0.3) is 0 Å². The molecule has 0 aromatic heterocycles. The lowest BCUT2D eigenvalue weighted by Crippen LogP contribution is -2.27. The van der Waals surface area contributed by atoms with Crippen LogP contribution in [0.5, 0.6) is 5.75 Å². The number of hydrogen-bond acceptors (Lipinski definition) is 2. The molecule has 2 aromatic carbocycles. The third-order valence-electron chi connectivity index (χ3n) is 5.15. The van der Waals surface area contributed by atoms with E-state index in [2.05, 4.69) is 23.5 Å². The monoisotopic (exact) mass is 345 g/mol.